The third-order valence-corrected chi connectivity index (χ3v) is 8.79. The molecule has 190 valence electrons. The first-order chi connectivity index (χ1) is 18.0. The van der Waals surface area contributed by atoms with Crippen LogP contribution < -0.4 is 10.6 Å². The lowest BCUT2D eigenvalue weighted by molar-refractivity contribution is -0.145. The van der Waals surface area contributed by atoms with Crippen LogP contribution in [0, 0.1) is 28.6 Å². The SMILES string of the molecule is N#Cc1ccc(-c2ccc(NC(=O)C3CNC(=O)C34CCN(C(=O)[C@@H]3C[C@H]5CC[C@@H]3O5)CC4)cc2)cc1. The van der Waals surface area contributed by atoms with Gasteiger partial charge in [-0.2, -0.15) is 5.26 Å². The van der Waals surface area contributed by atoms with Crippen LogP contribution in [0.2, 0.25) is 0 Å². The van der Waals surface area contributed by atoms with Crippen LogP contribution in [0.1, 0.15) is 37.7 Å². The lowest BCUT2D eigenvalue weighted by Crippen LogP contribution is -2.52. The summed E-state index contributed by atoms with van der Waals surface area (Å²) in [5.74, 6) is -0.661. The Balaban J connectivity index is 1.10. The van der Waals surface area contributed by atoms with Gasteiger partial charge in [-0.25, -0.2) is 0 Å². The van der Waals surface area contributed by atoms with Crippen LogP contribution in [0.3, 0.4) is 0 Å². The molecule has 0 aliphatic carbocycles. The van der Waals surface area contributed by atoms with Gasteiger partial charge >= 0.3 is 0 Å². The van der Waals surface area contributed by atoms with Crippen molar-refractivity contribution in [1.29, 1.82) is 5.26 Å². The van der Waals surface area contributed by atoms with E-state index >= 15 is 0 Å². The largest absolute Gasteiger partial charge is 0.374 e. The highest BCUT2D eigenvalue weighted by atomic mass is 16.5. The number of amides is 3. The number of nitriles is 1. The first kappa shape index (κ1) is 23.7. The van der Waals surface area contributed by atoms with E-state index in [1.54, 1.807) is 12.1 Å². The van der Waals surface area contributed by atoms with Crippen molar-refractivity contribution in [3.8, 4) is 17.2 Å². The molecule has 2 aromatic rings. The van der Waals surface area contributed by atoms with Gasteiger partial charge in [0.15, 0.2) is 0 Å². The van der Waals surface area contributed by atoms with Crippen LogP contribution in [-0.2, 0) is 19.1 Å². The minimum absolute atomic E-state index is 0.0463. The monoisotopic (exact) mass is 498 g/mol. The molecular formula is C29H30N4O4. The third kappa shape index (κ3) is 4.17. The number of nitrogens with zero attached hydrogens (tertiary/aromatic N) is 2. The quantitative estimate of drug-likeness (QED) is 0.673. The predicted molar refractivity (Wildman–Crippen MR) is 136 cm³/mol. The highest BCUT2D eigenvalue weighted by Gasteiger charge is 2.55. The zero-order valence-electron chi connectivity index (χ0n) is 20.6. The average molecular weight is 499 g/mol. The molecule has 4 fully saturated rings. The van der Waals surface area contributed by atoms with Crippen molar-refractivity contribution in [3.05, 3.63) is 54.1 Å². The molecule has 8 nitrogen and oxygen atoms in total. The van der Waals surface area contributed by atoms with E-state index in [1.165, 1.54) is 0 Å². The first-order valence-electron chi connectivity index (χ1n) is 13.1. The Hall–Kier alpha value is -3.70. The Morgan fingerprint density at radius 3 is 2.30 bits per heavy atom. The molecule has 8 heteroatoms. The zero-order chi connectivity index (χ0) is 25.6. The van der Waals surface area contributed by atoms with Crippen LogP contribution in [0.5, 0.6) is 0 Å². The van der Waals surface area contributed by atoms with Gasteiger partial charge < -0.3 is 20.3 Å². The van der Waals surface area contributed by atoms with Crippen molar-refractivity contribution in [3.63, 3.8) is 0 Å². The maximum atomic E-state index is 13.3. The Kier molecular flexibility index (Phi) is 5.96. The number of nitrogens with one attached hydrogen (secondary N) is 2. The highest BCUT2D eigenvalue weighted by molar-refractivity contribution is 6.00. The molecule has 4 heterocycles. The minimum atomic E-state index is -0.783. The van der Waals surface area contributed by atoms with Gasteiger partial charge in [0.1, 0.15) is 0 Å². The van der Waals surface area contributed by atoms with E-state index < -0.39 is 11.3 Å². The number of carbonyl (C=O) groups excluding carboxylic acids is 3. The molecule has 2 aromatic carbocycles. The van der Waals surface area contributed by atoms with Crippen LogP contribution >= 0.6 is 0 Å². The molecule has 2 N–H and O–H groups in total. The molecule has 0 radical (unpaired) electrons. The summed E-state index contributed by atoms with van der Waals surface area (Å²) < 4.78 is 5.88. The summed E-state index contributed by atoms with van der Waals surface area (Å²) in [4.78, 5) is 41.3. The average Bonchev–Trinajstić information content (AvgIpc) is 3.65. The second-order valence-corrected chi connectivity index (χ2v) is 10.7. The summed E-state index contributed by atoms with van der Waals surface area (Å²) in [6.07, 6.45) is 4.06. The summed E-state index contributed by atoms with van der Waals surface area (Å²) in [5, 5.41) is 14.9. The first-order valence-corrected chi connectivity index (χ1v) is 13.1. The van der Waals surface area contributed by atoms with Crippen LogP contribution in [0.4, 0.5) is 5.69 Å². The van der Waals surface area contributed by atoms with E-state index in [4.69, 9.17) is 10.00 Å². The van der Waals surface area contributed by atoms with Crippen LogP contribution in [0.15, 0.2) is 48.5 Å². The lowest BCUT2D eigenvalue weighted by atomic mass is 9.69. The Labute approximate surface area is 216 Å². The molecule has 0 saturated carbocycles. The molecule has 4 saturated heterocycles. The Morgan fingerprint density at radius 2 is 1.70 bits per heavy atom. The van der Waals surface area contributed by atoms with E-state index in [1.807, 2.05) is 41.3 Å². The maximum absolute atomic E-state index is 13.3. The fraction of sp³-hybridized carbons (Fsp3) is 0.448. The fourth-order valence-corrected chi connectivity index (χ4v) is 6.61. The van der Waals surface area contributed by atoms with E-state index in [0.29, 0.717) is 43.7 Å². The Morgan fingerprint density at radius 1 is 1.03 bits per heavy atom. The van der Waals surface area contributed by atoms with Crippen LogP contribution in [-0.4, -0.2) is 54.5 Å². The lowest BCUT2D eigenvalue weighted by Gasteiger charge is -2.41. The maximum Gasteiger partial charge on any atom is 0.230 e. The second-order valence-electron chi connectivity index (χ2n) is 10.7. The van der Waals surface area contributed by atoms with Gasteiger partial charge in [0.05, 0.1) is 41.1 Å². The fourth-order valence-electron chi connectivity index (χ4n) is 6.61. The van der Waals surface area contributed by atoms with Crippen molar-refractivity contribution in [2.45, 2.75) is 44.3 Å². The normalized spacial score (nSPS) is 27.6. The summed E-state index contributed by atoms with van der Waals surface area (Å²) >= 11 is 0. The summed E-state index contributed by atoms with van der Waals surface area (Å²) in [6.45, 7) is 1.29. The molecule has 1 spiro atoms. The number of hydrogen-bond donors (Lipinski definition) is 2. The number of likely N-dealkylation sites (tertiary alicyclic amines) is 1. The molecular weight excluding hydrogens is 468 g/mol. The van der Waals surface area contributed by atoms with Crippen molar-refractivity contribution in [1.82, 2.24) is 10.2 Å². The van der Waals surface area contributed by atoms with Crippen molar-refractivity contribution < 1.29 is 19.1 Å². The van der Waals surface area contributed by atoms with E-state index in [9.17, 15) is 14.4 Å². The van der Waals surface area contributed by atoms with Crippen molar-refractivity contribution in [2.24, 2.45) is 17.3 Å². The number of anilines is 1. The van der Waals surface area contributed by atoms with E-state index in [0.717, 1.165) is 30.4 Å². The van der Waals surface area contributed by atoms with E-state index in [2.05, 4.69) is 16.7 Å². The molecule has 6 rings (SSSR count). The molecule has 1 unspecified atom stereocenters. The topological polar surface area (TPSA) is 112 Å². The molecule has 3 amide bonds. The van der Waals surface area contributed by atoms with Gasteiger partial charge in [0, 0.05) is 25.3 Å². The molecule has 4 atom stereocenters. The van der Waals surface area contributed by atoms with Crippen molar-refractivity contribution in [2.75, 3.05) is 25.0 Å². The summed E-state index contributed by atoms with van der Waals surface area (Å²) in [6, 6.07) is 17.0. The molecule has 37 heavy (non-hydrogen) atoms. The second kappa shape index (κ2) is 9.31. The smallest absolute Gasteiger partial charge is 0.230 e. The van der Waals surface area contributed by atoms with Gasteiger partial charge in [0.25, 0.3) is 0 Å². The number of carbonyl (C=O) groups is 3. The zero-order valence-corrected chi connectivity index (χ0v) is 20.6. The van der Waals surface area contributed by atoms with Crippen LogP contribution in [0.25, 0.3) is 11.1 Å². The Bertz CT molecular complexity index is 1260. The molecule has 2 bridgehead atoms. The molecule has 0 aromatic heterocycles. The number of benzene rings is 2. The predicted octanol–water partition coefficient (Wildman–Crippen LogP) is 3.09. The summed E-state index contributed by atoms with van der Waals surface area (Å²) in [7, 11) is 0. The van der Waals surface area contributed by atoms with Gasteiger partial charge in [-0.3, -0.25) is 14.4 Å². The standard InChI is InChI=1S/C29H30N4O4/c30-16-18-1-3-19(4-2-18)20-5-7-21(8-6-20)32-26(34)24-17-31-28(36)29(24)11-13-33(14-12-29)27(35)23-15-22-9-10-25(23)37-22/h1-8,22-25H,9-15,17H2,(H,31,36)(H,32,34)/t22-,23-,24?,25+/m1/s1. The summed E-state index contributed by atoms with van der Waals surface area (Å²) in [5.41, 5.74) is 2.46. The van der Waals surface area contributed by atoms with Crippen molar-refractivity contribution >= 4 is 23.4 Å². The molecule has 4 aliphatic heterocycles. The third-order valence-electron chi connectivity index (χ3n) is 8.79. The number of ether oxygens (including phenoxy) is 1. The van der Waals surface area contributed by atoms with E-state index in [-0.39, 0.29) is 35.8 Å². The number of fused-ring (bicyclic) bond motifs is 2. The number of hydrogen-bond acceptors (Lipinski definition) is 5. The van der Waals surface area contributed by atoms with Gasteiger partial charge in [-0.1, -0.05) is 24.3 Å². The van der Waals surface area contributed by atoms with Gasteiger partial charge in [0.2, 0.25) is 17.7 Å². The molecule has 4 aliphatic rings. The minimum Gasteiger partial charge on any atom is -0.374 e. The number of rotatable bonds is 4. The van der Waals surface area contributed by atoms with Gasteiger partial charge in [-0.15, -0.1) is 0 Å². The highest BCUT2D eigenvalue weighted by Crippen LogP contribution is 2.45. The van der Waals surface area contributed by atoms with Gasteiger partial charge in [-0.05, 0) is 67.5 Å². The number of piperidine rings is 1.